The average Bonchev–Trinajstić information content (AvgIpc) is 3.09. The number of hydrogen-bond acceptors (Lipinski definition) is 2. The van der Waals surface area contributed by atoms with Gasteiger partial charge < -0.3 is 9.47 Å². The molecular formula is C13H14O2. The summed E-state index contributed by atoms with van der Waals surface area (Å²) in [4.78, 5) is 0. The van der Waals surface area contributed by atoms with E-state index in [-0.39, 0.29) is 6.10 Å². The maximum absolute atomic E-state index is 5.61. The van der Waals surface area contributed by atoms with Gasteiger partial charge in [-0.05, 0) is 5.56 Å². The molecule has 0 aliphatic carbocycles. The van der Waals surface area contributed by atoms with Crippen LogP contribution in [0.4, 0.5) is 0 Å². The lowest BCUT2D eigenvalue weighted by Gasteiger charge is -2.15. The summed E-state index contributed by atoms with van der Waals surface area (Å²) in [7, 11) is 0. The third kappa shape index (κ3) is 3.09. The zero-order valence-corrected chi connectivity index (χ0v) is 8.56. The second-order valence-electron chi connectivity index (χ2n) is 3.61. The molecule has 2 nitrogen and oxygen atoms in total. The summed E-state index contributed by atoms with van der Waals surface area (Å²) in [5.74, 6) is 2.50. The highest BCUT2D eigenvalue weighted by molar-refractivity contribution is 5.18. The van der Waals surface area contributed by atoms with E-state index in [2.05, 4.69) is 18.1 Å². The van der Waals surface area contributed by atoms with Crippen LogP contribution in [0.25, 0.3) is 0 Å². The molecule has 0 radical (unpaired) electrons. The average molecular weight is 202 g/mol. The van der Waals surface area contributed by atoms with Gasteiger partial charge in [0.15, 0.2) is 0 Å². The molecule has 1 aliphatic heterocycles. The van der Waals surface area contributed by atoms with Crippen LogP contribution in [-0.4, -0.2) is 19.3 Å². The van der Waals surface area contributed by atoms with Crippen LogP contribution in [0.15, 0.2) is 30.3 Å². The number of ether oxygens (including phenoxy) is 2. The highest BCUT2D eigenvalue weighted by Gasteiger charge is 2.27. The maximum atomic E-state index is 5.61. The number of hydrogen-bond donors (Lipinski definition) is 0. The van der Waals surface area contributed by atoms with Crippen molar-refractivity contribution in [2.24, 2.45) is 0 Å². The van der Waals surface area contributed by atoms with Crippen molar-refractivity contribution in [1.82, 2.24) is 0 Å². The Hall–Kier alpha value is -1.30. The van der Waals surface area contributed by atoms with Crippen molar-refractivity contribution >= 4 is 0 Å². The quantitative estimate of drug-likeness (QED) is 0.539. The molecule has 0 spiro atoms. The molecule has 2 unspecified atom stereocenters. The van der Waals surface area contributed by atoms with Crippen molar-refractivity contribution in [3.8, 4) is 12.3 Å². The summed E-state index contributed by atoms with van der Waals surface area (Å²) in [6, 6.07) is 10.1. The summed E-state index contributed by atoms with van der Waals surface area (Å²) in [6.45, 7) is 1.20. The van der Waals surface area contributed by atoms with Gasteiger partial charge in [-0.3, -0.25) is 0 Å². The number of benzene rings is 1. The highest BCUT2D eigenvalue weighted by atomic mass is 16.6. The SMILES string of the molecule is C#CCOC(CC1CO1)c1ccccc1. The smallest absolute Gasteiger partial charge is 0.108 e. The van der Waals surface area contributed by atoms with Crippen molar-refractivity contribution in [2.75, 3.05) is 13.2 Å². The fourth-order valence-corrected chi connectivity index (χ4v) is 1.56. The summed E-state index contributed by atoms with van der Waals surface area (Å²) in [5.41, 5.74) is 1.17. The molecule has 1 saturated heterocycles. The zero-order chi connectivity index (χ0) is 10.5. The van der Waals surface area contributed by atoms with Crippen LogP contribution in [0.2, 0.25) is 0 Å². The fourth-order valence-electron chi connectivity index (χ4n) is 1.56. The van der Waals surface area contributed by atoms with Gasteiger partial charge in [0.2, 0.25) is 0 Å². The van der Waals surface area contributed by atoms with Crippen molar-refractivity contribution in [2.45, 2.75) is 18.6 Å². The molecule has 2 atom stereocenters. The lowest BCUT2D eigenvalue weighted by atomic mass is 10.1. The van der Waals surface area contributed by atoms with Crippen LogP contribution in [0, 0.1) is 12.3 Å². The minimum absolute atomic E-state index is 0.0646. The Kier molecular flexibility index (Phi) is 3.39. The summed E-state index contributed by atoms with van der Waals surface area (Å²) in [6.07, 6.45) is 6.51. The van der Waals surface area contributed by atoms with Gasteiger partial charge in [0.1, 0.15) is 6.61 Å². The van der Waals surface area contributed by atoms with E-state index in [0.717, 1.165) is 13.0 Å². The molecule has 0 amide bonds. The van der Waals surface area contributed by atoms with Crippen molar-refractivity contribution < 1.29 is 9.47 Å². The first-order chi connectivity index (χ1) is 7.40. The maximum Gasteiger partial charge on any atom is 0.108 e. The molecule has 1 fully saturated rings. The van der Waals surface area contributed by atoms with Crippen LogP contribution in [0.1, 0.15) is 18.1 Å². The Morgan fingerprint density at radius 2 is 2.20 bits per heavy atom. The molecule has 2 rings (SSSR count). The Morgan fingerprint density at radius 3 is 2.80 bits per heavy atom. The fraction of sp³-hybridized carbons (Fsp3) is 0.385. The first-order valence-corrected chi connectivity index (χ1v) is 5.12. The summed E-state index contributed by atoms with van der Waals surface area (Å²) < 4.78 is 10.8. The Labute approximate surface area is 90.2 Å². The van der Waals surface area contributed by atoms with Gasteiger partial charge in [-0.15, -0.1) is 6.42 Å². The lowest BCUT2D eigenvalue weighted by molar-refractivity contribution is 0.0647. The first-order valence-electron chi connectivity index (χ1n) is 5.12. The van der Waals surface area contributed by atoms with Gasteiger partial charge in [0.25, 0.3) is 0 Å². The molecule has 1 aliphatic rings. The van der Waals surface area contributed by atoms with Gasteiger partial charge in [-0.1, -0.05) is 36.3 Å². The normalized spacial score (nSPS) is 20.6. The Morgan fingerprint density at radius 1 is 1.47 bits per heavy atom. The third-order valence-electron chi connectivity index (χ3n) is 2.42. The lowest BCUT2D eigenvalue weighted by Crippen LogP contribution is -2.07. The van der Waals surface area contributed by atoms with Gasteiger partial charge in [-0.25, -0.2) is 0 Å². The van der Waals surface area contributed by atoms with Crippen molar-refractivity contribution in [3.05, 3.63) is 35.9 Å². The molecule has 0 N–H and O–H groups in total. The first kappa shape index (κ1) is 10.2. The molecule has 0 saturated carbocycles. The molecule has 1 heterocycles. The molecule has 78 valence electrons. The van der Waals surface area contributed by atoms with E-state index in [1.807, 2.05) is 18.2 Å². The highest BCUT2D eigenvalue weighted by Crippen LogP contribution is 2.28. The van der Waals surface area contributed by atoms with E-state index in [9.17, 15) is 0 Å². The molecule has 2 heteroatoms. The van der Waals surface area contributed by atoms with Gasteiger partial charge >= 0.3 is 0 Å². The summed E-state index contributed by atoms with van der Waals surface area (Å²) in [5, 5.41) is 0. The van der Waals surface area contributed by atoms with Crippen LogP contribution in [0.5, 0.6) is 0 Å². The molecule has 1 aromatic carbocycles. The van der Waals surface area contributed by atoms with Crippen molar-refractivity contribution in [1.29, 1.82) is 0 Å². The Bertz CT molecular complexity index is 335. The van der Waals surface area contributed by atoms with E-state index >= 15 is 0 Å². The van der Waals surface area contributed by atoms with Crippen LogP contribution < -0.4 is 0 Å². The predicted molar refractivity (Wildman–Crippen MR) is 58.3 cm³/mol. The second kappa shape index (κ2) is 4.97. The minimum atomic E-state index is 0.0646. The second-order valence-corrected chi connectivity index (χ2v) is 3.61. The van der Waals surface area contributed by atoms with Gasteiger partial charge in [0.05, 0.1) is 18.8 Å². The topological polar surface area (TPSA) is 21.8 Å². The zero-order valence-electron chi connectivity index (χ0n) is 8.56. The Balaban J connectivity index is 2.00. The monoisotopic (exact) mass is 202 g/mol. The van der Waals surface area contributed by atoms with Crippen LogP contribution >= 0.6 is 0 Å². The molecule has 1 aromatic rings. The van der Waals surface area contributed by atoms with E-state index < -0.39 is 0 Å². The van der Waals surface area contributed by atoms with Crippen LogP contribution in [0.3, 0.4) is 0 Å². The van der Waals surface area contributed by atoms with Gasteiger partial charge in [0, 0.05) is 6.42 Å². The van der Waals surface area contributed by atoms with E-state index in [1.54, 1.807) is 0 Å². The predicted octanol–water partition coefficient (Wildman–Crippen LogP) is 2.17. The molecular weight excluding hydrogens is 188 g/mol. The largest absolute Gasteiger partial charge is 0.373 e. The number of rotatable bonds is 5. The van der Waals surface area contributed by atoms with E-state index in [1.165, 1.54) is 5.56 Å². The third-order valence-corrected chi connectivity index (χ3v) is 2.42. The minimum Gasteiger partial charge on any atom is -0.373 e. The van der Waals surface area contributed by atoms with Crippen molar-refractivity contribution in [3.63, 3.8) is 0 Å². The van der Waals surface area contributed by atoms with E-state index in [4.69, 9.17) is 15.9 Å². The van der Waals surface area contributed by atoms with Crippen LogP contribution in [-0.2, 0) is 9.47 Å². The summed E-state index contributed by atoms with van der Waals surface area (Å²) >= 11 is 0. The van der Waals surface area contributed by atoms with E-state index in [0.29, 0.717) is 12.7 Å². The van der Waals surface area contributed by atoms with Gasteiger partial charge in [-0.2, -0.15) is 0 Å². The molecule has 0 bridgehead atoms. The molecule has 0 aromatic heterocycles. The molecule has 15 heavy (non-hydrogen) atoms. The standard InChI is InChI=1S/C13H14O2/c1-2-8-14-13(9-12-10-15-12)11-6-4-3-5-7-11/h1,3-7,12-13H,8-10H2. The number of epoxide rings is 1. The number of terminal acetylenes is 1.